The lowest BCUT2D eigenvalue weighted by Crippen LogP contribution is -2.26. The van der Waals surface area contributed by atoms with E-state index in [2.05, 4.69) is 49.3 Å². The first-order valence-electron chi connectivity index (χ1n) is 6.48. The zero-order valence-electron chi connectivity index (χ0n) is 11.2. The summed E-state index contributed by atoms with van der Waals surface area (Å²) in [6.07, 6.45) is 1.89. The second kappa shape index (κ2) is 4.49. The summed E-state index contributed by atoms with van der Waals surface area (Å²) < 4.78 is 0. The summed E-state index contributed by atoms with van der Waals surface area (Å²) in [6, 6.07) is 12.6. The van der Waals surface area contributed by atoms with Crippen LogP contribution in [0, 0.1) is 5.41 Å². The predicted molar refractivity (Wildman–Crippen MR) is 80.2 cm³/mol. The summed E-state index contributed by atoms with van der Waals surface area (Å²) in [5.74, 6) is 0. The highest BCUT2D eigenvalue weighted by Gasteiger charge is 2.31. The number of thiophene rings is 1. The molecule has 1 aromatic carbocycles. The molecule has 0 bridgehead atoms. The lowest BCUT2D eigenvalue weighted by Gasteiger charge is -2.29. The van der Waals surface area contributed by atoms with Gasteiger partial charge in [-0.2, -0.15) is 0 Å². The van der Waals surface area contributed by atoms with E-state index in [1.807, 2.05) is 17.4 Å². The summed E-state index contributed by atoms with van der Waals surface area (Å²) in [5.41, 5.74) is 3.36. The smallest absolute Gasteiger partial charge is 0.0884 e. The van der Waals surface area contributed by atoms with Crippen LogP contribution in [0.5, 0.6) is 0 Å². The van der Waals surface area contributed by atoms with Gasteiger partial charge in [-0.25, -0.2) is 0 Å². The van der Waals surface area contributed by atoms with Crippen LogP contribution >= 0.6 is 11.3 Å². The Morgan fingerprint density at radius 1 is 1.16 bits per heavy atom. The highest BCUT2D eigenvalue weighted by Crippen LogP contribution is 2.41. The first-order chi connectivity index (χ1) is 9.09. The van der Waals surface area contributed by atoms with Crippen molar-refractivity contribution in [3.05, 3.63) is 46.8 Å². The Kier molecular flexibility index (Phi) is 2.94. The van der Waals surface area contributed by atoms with Gasteiger partial charge in [0.2, 0.25) is 0 Å². The van der Waals surface area contributed by atoms with Crippen molar-refractivity contribution in [1.82, 2.24) is 0 Å². The van der Waals surface area contributed by atoms with Gasteiger partial charge >= 0.3 is 0 Å². The molecule has 0 fully saturated rings. The summed E-state index contributed by atoms with van der Waals surface area (Å²) >= 11 is 1.82. The van der Waals surface area contributed by atoms with Crippen molar-refractivity contribution in [2.45, 2.75) is 26.7 Å². The molecule has 0 saturated carbocycles. The molecule has 1 N–H and O–H groups in total. The Morgan fingerprint density at radius 3 is 2.58 bits per heavy atom. The minimum atomic E-state index is 0.174. The molecule has 1 aliphatic carbocycles. The van der Waals surface area contributed by atoms with Gasteiger partial charge in [-0.05, 0) is 29.9 Å². The number of benzene rings is 1. The maximum Gasteiger partial charge on any atom is 0.0884 e. The molecular weight excluding hydrogens is 254 g/mol. The Balaban J connectivity index is 2.09. The van der Waals surface area contributed by atoms with Gasteiger partial charge in [0, 0.05) is 15.3 Å². The van der Waals surface area contributed by atoms with E-state index >= 15 is 0 Å². The molecular formula is C16H17NOS. The van der Waals surface area contributed by atoms with Gasteiger partial charge < -0.3 is 5.21 Å². The summed E-state index contributed by atoms with van der Waals surface area (Å²) in [7, 11) is 0. The van der Waals surface area contributed by atoms with Crippen molar-refractivity contribution in [2.24, 2.45) is 10.6 Å². The Morgan fingerprint density at radius 2 is 1.89 bits per heavy atom. The van der Waals surface area contributed by atoms with Gasteiger partial charge in [0.1, 0.15) is 0 Å². The van der Waals surface area contributed by atoms with Gasteiger partial charge in [0.25, 0.3) is 0 Å². The van der Waals surface area contributed by atoms with Gasteiger partial charge in [0.15, 0.2) is 0 Å². The molecule has 0 unspecified atom stereocenters. The van der Waals surface area contributed by atoms with Crippen molar-refractivity contribution < 1.29 is 5.21 Å². The number of hydrogen-bond acceptors (Lipinski definition) is 3. The standard InChI is InChI=1S/C16H17NOS/c1-16(2)9-13(17-18)12-8-14(19-15(12)10-16)11-6-4-3-5-7-11/h3-8,18H,9-10H2,1-2H3/b17-13+. The minimum Gasteiger partial charge on any atom is -0.411 e. The fraction of sp³-hybridized carbons (Fsp3) is 0.312. The number of hydrogen-bond donors (Lipinski definition) is 1. The van der Waals surface area contributed by atoms with Crippen LogP contribution in [0.2, 0.25) is 0 Å². The predicted octanol–water partition coefficient (Wildman–Crippen LogP) is 4.57. The SMILES string of the molecule is CC1(C)C/C(=N\O)c2cc(-c3ccccc3)sc2C1. The van der Waals surface area contributed by atoms with Crippen LogP contribution < -0.4 is 0 Å². The van der Waals surface area contributed by atoms with Crippen molar-refractivity contribution in [1.29, 1.82) is 0 Å². The molecule has 0 spiro atoms. The van der Waals surface area contributed by atoms with E-state index in [0.29, 0.717) is 0 Å². The molecule has 3 rings (SSSR count). The second-order valence-corrected chi connectivity index (χ2v) is 7.01. The Hall–Kier alpha value is -1.61. The average Bonchev–Trinajstić information content (AvgIpc) is 2.81. The molecule has 0 radical (unpaired) electrons. The number of nitrogens with zero attached hydrogens (tertiary/aromatic N) is 1. The molecule has 3 heteroatoms. The lowest BCUT2D eigenvalue weighted by molar-refractivity contribution is 0.307. The Labute approximate surface area is 117 Å². The number of oxime groups is 1. The monoisotopic (exact) mass is 271 g/mol. The van der Waals surface area contributed by atoms with Crippen molar-refractivity contribution in [3.8, 4) is 10.4 Å². The summed E-state index contributed by atoms with van der Waals surface area (Å²) in [4.78, 5) is 2.59. The van der Waals surface area contributed by atoms with Crippen molar-refractivity contribution in [3.63, 3.8) is 0 Å². The van der Waals surface area contributed by atoms with Crippen LogP contribution in [-0.4, -0.2) is 10.9 Å². The normalized spacial score (nSPS) is 19.4. The van der Waals surface area contributed by atoms with E-state index in [1.54, 1.807) is 0 Å². The van der Waals surface area contributed by atoms with Crippen LogP contribution in [0.3, 0.4) is 0 Å². The molecule has 19 heavy (non-hydrogen) atoms. The molecule has 1 aliphatic rings. The first-order valence-corrected chi connectivity index (χ1v) is 7.30. The number of rotatable bonds is 1. The molecule has 1 aromatic heterocycles. The zero-order valence-corrected chi connectivity index (χ0v) is 12.0. The van der Waals surface area contributed by atoms with Crippen molar-refractivity contribution >= 4 is 17.0 Å². The van der Waals surface area contributed by atoms with Crippen LogP contribution in [0.1, 0.15) is 30.7 Å². The fourth-order valence-corrected chi connectivity index (χ4v) is 4.13. The quantitative estimate of drug-likeness (QED) is 0.598. The summed E-state index contributed by atoms with van der Waals surface area (Å²) in [6.45, 7) is 4.45. The fourth-order valence-electron chi connectivity index (χ4n) is 2.68. The molecule has 0 saturated heterocycles. The lowest BCUT2D eigenvalue weighted by atomic mass is 9.76. The van der Waals surface area contributed by atoms with E-state index in [4.69, 9.17) is 0 Å². The van der Waals surface area contributed by atoms with E-state index in [0.717, 1.165) is 24.1 Å². The van der Waals surface area contributed by atoms with E-state index in [1.165, 1.54) is 15.3 Å². The third-order valence-electron chi connectivity index (χ3n) is 3.58. The highest BCUT2D eigenvalue weighted by molar-refractivity contribution is 7.15. The summed E-state index contributed by atoms with van der Waals surface area (Å²) in [5, 5.41) is 12.8. The molecule has 2 aromatic rings. The van der Waals surface area contributed by atoms with Crippen LogP contribution in [-0.2, 0) is 6.42 Å². The molecule has 1 heterocycles. The maximum absolute atomic E-state index is 9.24. The van der Waals surface area contributed by atoms with Gasteiger partial charge in [-0.3, -0.25) is 0 Å². The number of fused-ring (bicyclic) bond motifs is 1. The average molecular weight is 271 g/mol. The molecule has 0 aliphatic heterocycles. The first kappa shape index (κ1) is 12.4. The topological polar surface area (TPSA) is 32.6 Å². The van der Waals surface area contributed by atoms with Crippen LogP contribution in [0.15, 0.2) is 41.6 Å². The third-order valence-corrected chi connectivity index (χ3v) is 4.77. The van der Waals surface area contributed by atoms with E-state index in [-0.39, 0.29) is 5.41 Å². The molecule has 98 valence electrons. The van der Waals surface area contributed by atoms with Crippen molar-refractivity contribution in [2.75, 3.05) is 0 Å². The second-order valence-electron chi connectivity index (χ2n) is 5.88. The van der Waals surface area contributed by atoms with Gasteiger partial charge in [0.05, 0.1) is 5.71 Å². The van der Waals surface area contributed by atoms with E-state index in [9.17, 15) is 5.21 Å². The van der Waals surface area contributed by atoms with Gasteiger partial charge in [-0.1, -0.05) is 49.3 Å². The van der Waals surface area contributed by atoms with Crippen LogP contribution in [0.25, 0.3) is 10.4 Å². The largest absolute Gasteiger partial charge is 0.411 e. The van der Waals surface area contributed by atoms with Crippen LogP contribution in [0.4, 0.5) is 0 Å². The molecule has 0 atom stereocenters. The molecule has 2 nitrogen and oxygen atoms in total. The highest BCUT2D eigenvalue weighted by atomic mass is 32.1. The molecule has 0 amide bonds. The maximum atomic E-state index is 9.24. The Bertz CT molecular complexity index is 625. The third kappa shape index (κ3) is 2.30. The van der Waals surface area contributed by atoms with E-state index < -0.39 is 0 Å². The zero-order chi connectivity index (χ0) is 13.5. The minimum absolute atomic E-state index is 0.174. The van der Waals surface area contributed by atoms with Gasteiger partial charge in [-0.15, -0.1) is 11.3 Å².